The van der Waals surface area contributed by atoms with Gasteiger partial charge in [-0.2, -0.15) is 0 Å². The average Bonchev–Trinajstić information content (AvgIpc) is 3.08. The first-order valence-corrected chi connectivity index (χ1v) is 9.72. The lowest BCUT2D eigenvalue weighted by Crippen LogP contribution is -2.30. The second kappa shape index (κ2) is 7.03. The van der Waals surface area contributed by atoms with Crippen LogP contribution in [-0.2, 0) is 9.53 Å². The lowest BCUT2D eigenvalue weighted by atomic mass is 9.92. The zero-order chi connectivity index (χ0) is 18.1. The van der Waals surface area contributed by atoms with Crippen LogP contribution in [0.5, 0.6) is 0 Å². The number of hydrogen-bond acceptors (Lipinski definition) is 5. The molecule has 0 bridgehead atoms. The zero-order valence-corrected chi connectivity index (χ0v) is 15.4. The Morgan fingerprint density at radius 3 is 2.62 bits per heavy atom. The molecule has 0 atom stereocenters. The van der Waals surface area contributed by atoms with E-state index >= 15 is 0 Å². The van der Waals surface area contributed by atoms with Crippen LogP contribution in [0.25, 0.3) is 21.3 Å². The summed E-state index contributed by atoms with van der Waals surface area (Å²) < 4.78 is 7.75. The normalized spacial score (nSPS) is 20.2. The van der Waals surface area contributed by atoms with Crippen molar-refractivity contribution in [2.24, 2.45) is 0 Å². The molecule has 5 nitrogen and oxygen atoms in total. The van der Waals surface area contributed by atoms with Crippen molar-refractivity contribution in [2.75, 3.05) is 0 Å². The van der Waals surface area contributed by atoms with Crippen molar-refractivity contribution in [3.63, 3.8) is 0 Å². The van der Waals surface area contributed by atoms with Crippen LogP contribution in [0.4, 0.5) is 0 Å². The highest BCUT2D eigenvalue weighted by atomic mass is 32.1. The minimum Gasteiger partial charge on any atom is -0.463 e. The number of esters is 1. The third-order valence-electron chi connectivity index (χ3n) is 4.96. The van der Waals surface area contributed by atoms with Gasteiger partial charge in [0.2, 0.25) is 0 Å². The lowest BCUT2D eigenvalue weighted by Gasteiger charge is -2.29. The second-order valence-electron chi connectivity index (χ2n) is 6.69. The van der Waals surface area contributed by atoms with E-state index in [4.69, 9.17) is 4.74 Å². The van der Waals surface area contributed by atoms with Gasteiger partial charge in [0.1, 0.15) is 10.8 Å². The van der Waals surface area contributed by atoms with Gasteiger partial charge in [-0.05, 0) is 31.2 Å². The molecule has 0 unspecified atom stereocenters. The van der Waals surface area contributed by atoms with Crippen molar-refractivity contribution in [2.45, 2.75) is 44.8 Å². The van der Waals surface area contributed by atoms with Crippen LogP contribution >= 0.6 is 11.3 Å². The second-order valence-corrected chi connectivity index (χ2v) is 7.57. The molecule has 1 fully saturated rings. The highest BCUT2D eigenvalue weighted by molar-refractivity contribution is 7.17. The number of nitrogens with zero attached hydrogens (tertiary/aromatic N) is 2. The van der Waals surface area contributed by atoms with Crippen LogP contribution in [-0.4, -0.2) is 21.6 Å². The number of fused-ring (bicyclic) bond motifs is 1. The van der Waals surface area contributed by atoms with Crippen LogP contribution in [0.3, 0.4) is 0 Å². The third-order valence-corrected chi connectivity index (χ3v) is 5.92. The average molecular weight is 368 g/mol. The van der Waals surface area contributed by atoms with E-state index in [0.717, 1.165) is 42.3 Å². The summed E-state index contributed by atoms with van der Waals surface area (Å²) in [6.07, 6.45) is 4.87. The molecule has 1 aliphatic carbocycles. The fourth-order valence-corrected chi connectivity index (χ4v) is 4.64. The van der Waals surface area contributed by atoms with Crippen molar-refractivity contribution >= 4 is 27.5 Å². The Balaban J connectivity index is 1.62. The molecule has 1 aromatic carbocycles. The maximum Gasteiger partial charge on any atom is 0.302 e. The predicted octanol–water partition coefficient (Wildman–Crippen LogP) is 4.17. The minimum atomic E-state index is -0.235. The number of ether oxygens (including phenoxy) is 1. The maximum absolute atomic E-state index is 13.0. The summed E-state index contributed by atoms with van der Waals surface area (Å²) >= 11 is 1.46. The number of benzene rings is 1. The molecule has 1 aliphatic rings. The van der Waals surface area contributed by atoms with Crippen molar-refractivity contribution in [1.82, 2.24) is 9.55 Å². The molecule has 0 radical (unpaired) electrons. The molecule has 0 N–H and O–H groups in total. The van der Waals surface area contributed by atoms with Crippen LogP contribution in [0.2, 0.25) is 0 Å². The van der Waals surface area contributed by atoms with E-state index in [1.807, 2.05) is 35.7 Å². The van der Waals surface area contributed by atoms with E-state index in [1.54, 1.807) is 10.9 Å². The number of rotatable bonds is 3. The Kier molecular flexibility index (Phi) is 4.59. The van der Waals surface area contributed by atoms with Gasteiger partial charge in [-0.15, -0.1) is 11.3 Å². The molecule has 2 aromatic heterocycles. The van der Waals surface area contributed by atoms with E-state index in [1.165, 1.54) is 18.3 Å². The zero-order valence-electron chi connectivity index (χ0n) is 14.6. The van der Waals surface area contributed by atoms with Gasteiger partial charge in [-0.3, -0.25) is 14.2 Å². The molecule has 6 heteroatoms. The summed E-state index contributed by atoms with van der Waals surface area (Å²) in [6, 6.07) is 10.1. The summed E-state index contributed by atoms with van der Waals surface area (Å²) in [5, 5.41) is 2.01. The third kappa shape index (κ3) is 3.17. The number of hydrogen-bond donors (Lipinski definition) is 0. The van der Waals surface area contributed by atoms with Crippen LogP contribution in [0, 0.1) is 0 Å². The smallest absolute Gasteiger partial charge is 0.302 e. The van der Waals surface area contributed by atoms with Gasteiger partial charge in [0.25, 0.3) is 5.56 Å². The van der Waals surface area contributed by atoms with Crippen molar-refractivity contribution < 1.29 is 9.53 Å². The van der Waals surface area contributed by atoms with Gasteiger partial charge in [0.05, 0.1) is 11.8 Å². The Morgan fingerprint density at radius 2 is 1.92 bits per heavy atom. The van der Waals surface area contributed by atoms with Gasteiger partial charge in [-0.25, -0.2) is 4.98 Å². The van der Waals surface area contributed by atoms with Gasteiger partial charge in [0.15, 0.2) is 0 Å². The first-order chi connectivity index (χ1) is 12.6. The summed E-state index contributed by atoms with van der Waals surface area (Å²) in [5.41, 5.74) is 2.88. The summed E-state index contributed by atoms with van der Waals surface area (Å²) in [4.78, 5) is 28.7. The molecular formula is C20H20N2O3S. The number of aromatic nitrogens is 2. The Hall–Kier alpha value is -2.47. The van der Waals surface area contributed by atoms with Gasteiger partial charge in [0, 0.05) is 23.9 Å². The monoisotopic (exact) mass is 368 g/mol. The van der Waals surface area contributed by atoms with E-state index < -0.39 is 0 Å². The van der Waals surface area contributed by atoms with E-state index in [2.05, 4.69) is 4.98 Å². The van der Waals surface area contributed by atoms with Crippen LogP contribution < -0.4 is 5.56 Å². The molecule has 1 saturated carbocycles. The standard InChI is InChI=1S/C20H20N2O3S/c1-13(23)25-16-9-7-15(8-10-16)22-12-21-18-17(11-26-19(18)20(22)24)14-5-3-2-4-6-14/h2-6,11-12,15-16H,7-10H2,1H3. The molecule has 0 aliphatic heterocycles. The maximum atomic E-state index is 13.0. The lowest BCUT2D eigenvalue weighted by molar-refractivity contribution is -0.148. The number of carbonyl (C=O) groups is 1. The Bertz CT molecular complexity index is 985. The molecule has 2 heterocycles. The van der Waals surface area contributed by atoms with E-state index in [9.17, 15) is 9.59 Å². The van der Waals surface area contributed by atoms with Crippen molar-refractivity contribution in [3.05, 3.63) is 52.4 Å². The molecule has 0 spiro atoms. The summed E-state index contributed by atoms with van der Waals surface area (Å²) in [5.74, 6) is -0.235. The Morgan fingerprint density at radius 1 is 1.19 bits per heavy atom. The fourth-order valence-electron chi connectivity index (χ4n) is 3.68. The van der Waals surface area contributed by atoms with Crippen molar-refractivity contribution in [3.8, 4) is 11.1 Å². The van der Waals surface area contributed by atoms with Crippen molar-refractivity contribution in [1.29, 1.82) is 0 Å². The number of carbonyl (C=O) groups excluding carboxylic acids is 1. The predicted molar refractivity (Wildman–Crippen MR) is 102 cm³/mol. The highest BCUT2D eigenvalue weighted by Gasteiger charge is 2.25. The number of thiophene rings is 1. The molecule has 26 heavy (non-hydrogen) atoms. The molecule has 4 rings (SSSR count). The molecule has 0 amide bonds. The SMILES string of the molecule is CC(=O)OC1CCC(n2cnc3c(-c4ccccc4)csc3c2=O)CC1. The molecular weight excluding hydrogens is 348 g/mol. The minimum absolute atomic E-state index is 0.0254. The molecule has 0 saturated heterocycles. The largest absolute Gasteiger partial charge is 0.463 e. The van der Waals surface area contributed by atoms with E-state index in [-0.39, 0.29) is 23.7 Å². The summed E-state index contributed by atoms with van der Waals surface area (Å²) in [6.45, 7) is 1.44. The first-order valence-electron chi connectivity index (χ1n) is 8.84. The van der Waals surface area contributed by atoms with E-state index in [0.29, 0.717) is 4.70 Å². The van der Waals surface area contributed by atoms with Crippen LogP contribution in [0.1, 0.15) is 38.6 Å². The molecule has 134 valence electrons. The quantitative estimate of drug-likeness (QED) is 0.651. The van der Waals surface area contributed by atoms with Gasteiger partial charge in [-0.1, -0.05) is 30.3 Å². The first kappa shape index (κ1) is 17.0. The highest BCUT2D eigenvalue weighted by Crippen LogP contribution is 2.33. The van der Waals surface area contributed by atoms with Gasteiger partial charge < -0.3 is 4.74 Å². The van der Waals surface area contributed by atoms with Gasteiger partial charge >= 0.3 is 5.97 Å². The summed E-state index contributed by atoms with van der Waals surface area (Å²) in [7, 11) is 0. The van der Waals surface area contributed by atoms with Crippen LogP contribution in [0.15, 0.2) is 46.8 Å². The topological polar surface area (TPSA) is 61.2 Å². The Labute approximate surface area is 155 Å². The molecule has 3 aromatic rings. The fraction of sp³-hybridized carbons (Fsp3) is 0.350.